The van der Waals surface area contributed by atoms with Gasteiger partial charge in [0.1, 0.15) is 12.2 Å². The standard InChI is InChI=1S/C30H54O4/c1-6-9-21-14-24(12-13-28(21)33-19-26-17-31-26)30(4,5)25-15-22(10-7-2)29(23(16-25)11-8-3)34-20-27-18-32-27/h21-29H,6-20H2,1-5H3. The van der Waals surface area contributed by atoms with Crippen LogP contribution in [0.4, 0.5) is 0 Å². The normalized spacial score (nSPS) is 40.3. The largest absolute Gasteiger partial charge is 0.375 e. The van der Waals surface area contributed by atoms with Crippen molar-refractivity contribution in [3.05, 3.63) is 0 Å². The van der Waals surface area contributed by atoms with Gasteiger partial charge in [0.05, 0.1) is 38.6 Å². The molecule has 0 spiro atoms. The summed E-state index contributed by atoms with van der Waals surface area (Å²) in [5, 5.41) is 0. The van der Waals surface area contributed by atoms with Gasteiger partial charge in [-0.1, -0.05) is 53.9 Å². The van der Waals surface area contributed by atoms with Crippen LogP contribution in [0.1, 0.15) is 105 Å². The smallest absolute Gasteiger partial charge is 0.104 e. The Morgan fingerprint density at radius 2 is 1.18 bits per heavy atom. The average Bonchev–Trinajstić information content (AvgIpc) is 3.73. The predicted molar refractivity (Wildman–Crippen MR) is 138 cm³/mol. The lowest BCUT2D eigenvalue weighted by Crippen LogP contribution is -2.47. The van der Waals surface area contributed by atoms with Gasteiger partial charge in [0, 0.05) is 0 Å². The Labute approximate surface area is 210 Å². The molecule has 0 amide bonds. The van der Waals surface area contributed by atoms with Gasteiger partial charge in [-0.3, -0.25) is 0 Å². The second-order valence-corrected chi connectivity index (χ2v) is 12.7. The lowest BCUT2D eigenvalue weighted by atomic mass is 9.55. The zero-order valence-electron chi connectivity index (χ0n) is 22.9. The van der Waals surface area contributed by atoms with Crippen LogP contribution in [0.25, 0.3) is 0 Å². The Kier molecular flexibility index (Phi) is 9.80. The highest BCUT2D eigenvalue weighted by atomic mass is 16.6. The van der Waals surface area contributed by atoms with E-state index in [1.54, 1.807) is 0 Å². The summed E-state index contributed by atoms with van der Waals surface area (Å²) in [5.41, 5.74) is 0.388. The molecule has 0 aromatic heterocycles. The topological polar surface area (TPSA) is 43.5 Å². The molecule has 7 unspecified atom stereocenters. The third kappa shape index (κ3) is 6.99. The van der Waals surface area contributed by atoms with Crippen LogP contribution < -0.4 is 0 Å². The summed E-state index contributed by atoms with van der Waals surface area (Å²) < 4.78 is 23.9. The summed E-state index contributed by atoms with van der Waals surface area (Å²) in [6.07, 6.45) is 16.0. The summed E-state index contributed by atoms with van der Waals surface area (Å²) in [5.74, 6) is 3.76. The van der Waals surface area contributed by atoms with Crippen molar-refractivity contribution in [1.29, 1.82) is 0 Å². The fraction of sp³-hybridized carbons (Fsp3) is 1.00. The van der Waals surface area contributed by atoms with E-state index in [9.17, 15) is 0 Å². The number of rotatable bonds is 14. The second kappa shape index (κ2) is 12.4. The maximum atomic E-state index is 6.61. The summed E-state index contributed by atoms with van der Waals surface area (Å²) >= 11 is 0. The highest BCUT2D eigenvalue weighted by Crippen LogP contribution is 2.53. The van der Waals surface area contributed by atoms with Gasteiger partial charge in [-0.05, 0) is 86.4 Å². The molecular weight excluding hydrogens is 424 g/mol. The Hall–Kier alpha value is -0.160. The van der Waals surface area contributed by atoms with Gasteiger partial charge < -0.3 is 18.9 Å². The molecule has 4 heteroatoms. The summed E-state index contributed by atoms with van der Waals surface area (Å²) in [7, 11) is 0. The van der Waals surface area contributed by atoms with Gasteiger partial charge in [0.15, 0.2) is 0 Å². The quantitative estimate of drug-likeness (QED) is 0.251. The predicted octanol–water partition coefficient (Wildman–Crippen LogP) is 7.04. The highest BCUT2D eigenvalue weighted by Gasteiger charge is 2.48. The molecule has 198 valence electrons. The van der Waals surface area contributed by atoms with E-state index in [2.05, 4.69) is 34.6 Å². The molecule has 4 fully saturated rings. The van der Waals surface area contributed by atoms with Gasteiger partial charge in [0.25, 0.3) is 0 Å². The number of hydrogen-bond donors (Lipinski definition) is 0. The maximum Gasteiger partial charge on any atom is 0.104 e. The van der Waals surface area contributed by atoms with Crippen molar-refractivity contribution in [2.75, 3.05) is 26.4 Å². The number of ether oxygens (including phenoxy) is 4. The van der Waals surface area contributed by atoms with E-state index in [-0.39, 0.29) is 0 Å². The first kappa shape index (κ1) is 26.9. The van der Waals surface area contributed by atoms with Crippen LogP contribution in [0, 0.1) is 35.0 Å². The average molecular weight is 479 g/mol. The van der Waals surface area contributed by atoms with Crippen LogP contribution in [0.2, 0.25) is 0 Å². The van der Waals surface area contributed by atoms with Crippen LogP contribution in [-0.4, -0.2) is 50.8 Å². The van der Waals surface area contributed by atoms with E-state index in [0.717, 1.165) is 44.2 Å². The van der Waals surface area contributed by atoms with Gasteiger partial charge in [0.2, 0.25) is 0 Å². The van der Waals surface area contributed by atoms with Crippen molar-refractivity contribution < 1.29 is 18.9 Å². The Bertz CT molecular complexity index is 583. The minimum atomic E-state index is 0.373. The van der Waals surface area contributed by atoms with E-state index in [1.807, 2.05) is 0 Å². The molecule has 4 nitrogen and oxygen atoms in total. The molecule has 34 heavy (non-hydrogen) atoms. The minimum Gasteiger partial charge on any atom is -0.375 e. The lowest BCUT2D eigenvalue weighted by Gasteiger charge is -2.52. The molecule has 7 atom stereocenters. The van der Waals surface area contributed by atoms with Gasteiger partial charge in [-0.25, -0.2) is 0 Å². The molecule has 0 radical (unpaired) electrons. The van der Waals surface area contributed by atoms with Crippen LogP contribution >= 0.6 is 0 Å². The monoisotopic (exact) mass is 478 g/mol. The highest BCUT2D eigenvalue weighted by molar-refractivity contribution is 4.97. The third-order valence-corrected chi connectivity index (χ3v) is 9.87. The first-order valence-corrected chi connectivity index (χ1v) is 14.9. The van der Waals surface area contributed by atoms with Crippen LogP contribution in [-0.2, 0) is 18.9 Å². The van der Waals surface area contributed by atoms with Crippen LogP contribution in [0.5, 0.6) is 0 Å². The molecule has 2 aliphatic carbocycles. The van der Waals surface area contributed by atoms with Gasteiger partial charge >= 0.3 is 0 Å². The fourth-order valence-corrected chi connectivity index (χ4v) is 7.58. The molecule has 4 aliphatic rings. The van der Waals surface area contributed by atoms with E-state index < -0.39 is 0 Å². The molecule has 0 aromatic rings. The van der Waals surface area contributed by atoms with Crippen LogP contribution in [0.15, 0.2) is 0 Å². The molecule has 0 N–H and O–H groups in total. The van der Waals surface area contributed by atoms with E-state index in [4.69, 9.17) is 18.9 Å². The van der Waals surface area contributed by atoms with Crippen molar-refractivity contribution in [2.45, 2.75) is 130 Å². The maximum absolute atomic E-state index is 6.61. The summed E-state index contributed by atoms with van der Waals surface area (Å²) in [6.45, 7) is 15.7. The Balaban J connectivity index is 1.41. The van der Waals surface area contributed by atoms with Crippen molar-refractivity contribution in [1.82, 2.24) is 0 Å². The first-order chi connectivity index (χ1) is 16.5. The number of epoxide rings is 2. The zero-order chi connectivity index (χ0) is 24.1. The Morgan fingerprint density at radius 3 is 1.71 bits per heavy atom. The molecule has 4 rings (SSSR count). The summed E-state index contributed by atoms with van der Waals surface area (Å²) in [4.78, 5) is 0. The minimum absolute atomic E-state index is 0.373. The SMILES string of the molecule is CCCC1CC(C(C)(C)C2CC(CCC)C(OCC3CO3)C(CCC)C2)CCC1OCC1CO1. The van der Waals surface area contributed by atoms with Gasteiger partial charge in [-0.2, -0.15) is 0 Å². The number of hydrogen-bond acceptors (Lipinski definition) is 4. The van der Waals surface area contributed by atoms with Crippen LogP contribution in [0.3, 0.4) is 0 Å². The zero-order valence-corrected chi connectivity index (χ0v) is 22.9. The molecule has 2 heterocycles. The van der Waals surface area contributed by atoms with Crippen molar-refractivity contribution in [3.63, 3.8) is 0 Å². The molecule has 2 saturated carbocycles. The fourth-order valence-electron chi connectivity index (χ4n) is 7.58. The molecule has 0 aromatic carbocycles. The molecule has 0 bridgehead atoms. The van der Waals surface area contributed by atoms with E-state index in [1.165, 1.54) is 70.6 Å². The molecule has 2 saturated heterocycles. The molecular formula is C30H54O4. The lowest BCUT2D eigenvalue weighted by molar-refractivity contribution is -0.104. The third-order valence-electron chi connectivity index (χ3n) is 9.87. The van der Waals surface area contributed by atoms with E-state index in [0.29, 0.717) is 41.7 Å². The molecule has 2 aliphatic heterocycles. The second-order valence-electron chi connectivity index (χ2n) is 12.7. The van der Waals surface area contributed by atoms with Crippen molar-refractivity contribution >= 4 is 0 Å². The van der Waals surface area contributed by atoms with Crippen molar-refractivity contribution in [2.24, 2.45) is 35.0 Å². The first-order valence-electron chi connectivity index (χ1n) is 14.9. The van der Waals surface area contributed by atoms with E-state index >= 15 is 0 Å². The summed E-state index contributed by atoms with van der Waals surface area (Å²) in [6, 6.07) is 0. The van der Waals surface area contributed by atoms with Gasteiger partial charge in [-0.15, -0.1) is 0 Å². The Morgan fingerprint density at radius 1 is 0.676 bits per heavy atom. The van der Waals surface area contributed by atoms with Crippen molar-refractivity contribution in [3.8, 4) is 0 Å².